The lowest BCUT2D eigenvalue weighted by atomic mass is 9.76. The fourth-order valence-corrected chi connectivity index (χ4v) is 4.29. The number of aryl methyl sites for hydroxylation is 2. The van der Waals surface area contributed by atoms with Gasteiger partial charge in [0.25, 0.3) is 0 Å². The van der Waals surface area contributed by atoms with Crippen LogP contribution in [0.15, 0.2) is 18.2 Å². The smallest absolute Gasteiger partial charge is 0.126 e. The number of halogens is 1. The lowest BCUT2D eigenvalue weighted by Crippen LogP contribution is -2.33. The molecule has 2 unspecified atom stereocenters. The maximum absolute atomic E-state index is 13.6. The molecule has 0 aromatic heterocycles. The second-order valence-electron chi connectivity index (χ2n) is 7.96. The highest BCUT2D eigenvalue weighted by Gasteiger charge is 2.30. The molecule has 2 fully saturated rings. The van der Waals surface area contributed by atoms with Crippen molar-refractivity contribution in [3.05, 3.63) is 35.1 Å². The fourth-order valence-electron chi connectivity index (χ4n) is 4.29. The van der Waals surface area contributed by atoms with E-state index in [9.17, 15) is 4.39 Å². The van der Waals surface area contributed by atoms with Crippen LogP contribution in [-0.4, -0.2) is 12.7 Å². The summed E-state index contributed by atoms with van der Waals surface area (Å²) < 4.78 is 19.7. The fraction of sp³-hybridized carbons (Fsp3) is 0.714. The van der Waals surface area contributed by atoms with Crippen LogP contribution in [0, 0.1) is 30.5 Å². The van der Waals surface area contributed by atoms with E-state index in [1.165, 1.54) is 44.9 Å². The predicted octanol–water partition coefficient (Wildman–Crippen LogP) is 5.69. The largest absolute Gasteiger partial charge is 0.378 e. The van der Waals surface area contributed by atoms with Crippen molar-refractivity contribution in [3.8, 4) is 0 Å². The molecule has 2 atom stereocenters. The minimum Gasteiger partial charge on any atom is -0.378 e. The Balaban J connectivity index is 1.41. The molecule has 1 saturated carbocycles. The number of rotatable bonds is 4. The zero-order valence-electron chi connectivity index (χ0n) is 14.7. The van der Waals surface area contributed by atoms with Gasteiger partial charge in [-0.3, -0.25) is 0 Å². The van der Waals surface area contributed by atoms with E-state index in [2.05, 4.69) is 13.0 Å². The van der Waals surface area contributed by atoms with Gasteiger partial charge >= 0.3 is 0 Å². The number of hydrogen-bond donors (Lipinski definition) is 0. The SMILES string of the molecule is Cc1ccc(CCC2CCC(C3CCC(C)CO3)CC2)cc1F. The van der Waals surface area contributed by atoms with Crippen molar-refractivity contribution in [2.45, 2.75) is 71.3 Å². The summed E-state index contributed by atoms with van der Waals surface area (Å²) in [6, 6.07) is 5.71. The monoisotopic (exact) mass is 318 g/mol. The zero-order chi connectivity index (χ0) is 16.2. The van der Waals surface area contributed by atoms with Gasteiger partial charge in [-0.1, -0.05) is 31.9 Å². The van der Waals surface area contributed by atoms with Crippen molar-refractivity contribution < 1.29 is 9.13 Å². The number of benzene rings is 1. The van der Waals surface area contributed by atoms with Gasteiger partial charge in [-0.2, -0.15) is 0 Å². The standard InChI is InChI=1S/C21H31FO/c1-15-3-12-21(23-14-15)19-10-8-17(9-11-19)6-7-18-5-4-16(2)20(22)13-18/h4-5,13,15,17,19,21H,3,6-12,14H2,1-2H3. The van der Waals surface area contributed by atoms with Crippen LogP contribution in [-0.2, 0) is 11.2 Å². The number of hydrogen-bond acceptors (Lipinski definition) is 1. The lowest BCUT2D eigenvalue weighted by Gasteiger charge is -2.37. The van der Waals surface area contributed by atoms with Crippen LogP contribution in [0.5, 0.6) is 0 Å². The van der Waals surface area contributed by atoms with Crippen LogP contribution in [0.1, 0.15) is 63.0 Å². The Hall–Kier alpha value is -0.890. The van der Waals surface area contributed by atoms with Crippen LogP contribution in [0.4, 0.5) is 4.39 Å². The maximum atomic E-state index is 13.6. The normalized spacial score (nSPS) is 32.0. The lowest BCUT2D eigenvalue weighted by molar-refractivity contribution is -0.0545. The van der Waals surface area contributed by atoms with E-state index < -0.39 is 0 Å². The summed E-state index contributed by atoms with van der Waals surface area (Å²) in [4.78, 5) is 0. The Morgan fingerprint density at radius 3 is 2.52 bits per heavy atom. The highest BCUT2D eigenvalue weighted by molar-refractivity contribution is 5.23. The van der Waals surface area contributed by atoms with Gasteiger partial charge in [0.1, 0.15) is 5.82 Å². The quantitative estimate of drug-likeness (QED) is 0.693. The van der Waals surface area contributed by atoms with Crippen molar-refractivity contribution in [1.29, 1.82) is 0 Å². The van der Waals surface area contributed by atoms with Gasteiger partial charge in [-0.25, -0.2) is 4.39 Å². The third-order valence-electron chi connectivity index (χ3n) is 6.03. The third kappa shape index (κ3) is 4.56. The van der Waals surface area contributed by atoms with Crippen molar-refractivity contribution in [1.82, 2.24) is 0 Å². The summed E-state index contributed by atoms with van der Waals surface area (Å²) in [7, 11) is 0. The van der Waals surface area contributed by atoms with Crippen molar-refractivity contribution in [2.24, 2.45) is 17.8 Å². The van der Waals surface area contributed by atoms with E-state index in [-0.39, 0.29) is 5.82 Å². The van der Waals surface area contributed by atoms with Crippen LogP contribution in [0.2, 0.25) is 0 Å². The maximum Gasteiger partial charge on any atom is 0.126 e. The Morgan fingerprint density at radius 1 is 1.09 bits per heavy atom. The first-order chi connectivity index (χ1) is 11.1. The second-order valence-corrected chi connectivity index (χ2v) is 7.96. The van der Waals surface area contributed by atoms with Gasteiger partial charge < -0.3 is 4.74 Å². The molecule has 23 heavy (non-hydrogen) atoms. The first-order valence-corrected chi connectivity index (χ1v) is 9.48. The van der Waals surface area contributed by atoms with Gasteiger partial charge in [0, 0.05) is 6.61 Å². The second kappa shape index (κ2) is 7.79. The molecule has 0 radical (unpaired) electrons. The van der Waals surface area contributed by atoms with E-state index in [1.54, 1.807) is 6.07 Å². The van der Waals surface area contributed by atoms with Crippen LogP contribution >= 0.6 is 0 Å². The molecule has 0 amide bonds. The Kier molecular flexibility index (Phi) is 5.74. The van der Waals surface area contributed by atoms with Gasteiger partial charge in [-0.15, -0.1) is 0 Å². The van der Waals surface area contributed by atoms with Crippen LogP contribution in [0.25, 0.3) is 0 Å². The van der Waals surface area contributed by atoms with Crippen molar-refractivity contribution in [3.63, 3.8) is 0 Å². The van der Waals surface area contributed by atoms with Gasteiger partial charge in [-0.05, 0) is 80.4 Å². The molecule has 3 rings (SSSR count). The molecule has 2 heteroatoms. The summed E-state index contributed by atoms with van der Waals surface area (Å²) in [5.41, 5.74) is 1.90. The average molecular weight is 318 g/mol. The van der Waals surface area contributed by atoms with E-state index >= 15 is 0 Å². The Morgan fingerprint density at radius 2 is 1.87 bits per heavy atom. The molecule has 1 aromatic rings. The van der Waals surface area contributed by atoms with E-state index in [0.717, 1.165) is 41.9 Å². The third-order valence-corrected chi connectivity index (χ3v) is 6.03. The summed E-state index contributed by atoms with van der Waals surface area (Å²) in [6.45, 7) is 5.08. The molecule has 1 aliphatic heterocycles. The topological polar surface area (TPSA) is 9.23 Å². The molecule has 0 spiro atoms. The minimum atomic E-state index is -0.0603. The predicted molar refractivity (Wildman–Crippen MR) is 93.0 cm³/mol. The molecule has 1 aromatic carbocycles. The van der Waals surface area contributed by atoms with Crippen LogP contribution in [0.3, 0.4) is 0 Å². The first-order valence-electron chi connectivity index (χ1n) is 9.48. The minimum absolute atomic E-state index is 0.0603. The molecule has 2 aliphatic rings. The summed E-state index contributed by atoms with van der Waals surface area (Å²) in [5, 5.41) is 0. The summed E-state index contributed by atoms with van der Waals surface area (Å²) in [6.07, 6.45) is 10.7. The first kappa shape index (κ1) is 17.0. The summed E-state index contributed by atoms with van der Waals surface area (Å²) >= 11 is 0. The van der Waals surface area contributed by atoms with E-state index in [0.29, 0.717) is 6.10 Å². The Bertz CT molecular complexity index is 497. The molecule has 0 N–H and O–H groups in total. The summed E-state index contributed by atoms with van der Waals surface area (Å²) in [5.74, 6) is 2.29. The highest BCUT2D eigenvalue weighted by Crippen LogP contribution is 2.37. The number of ether oxygens (including phenoxy) is 1. The van der Waals surface area contributed by atoms with Gasteiger partial charge in [0.2, 0.25) is 0 Å². The molecule has 1 nitrogen and oxygen atoms in total. The van der Waals surface area contributed by atoms with Crippen molar-refractivity contribution >= 4 is 0 Å². The molecular formula is C21H31FO. The molecular weight excluding hydrogens is 287 g/mol. The average Bonchev–Trinajstić information content (AvgIpc) is 2.57. The van der Waals surface area contributed by atoms with E-state index in [4.69, 9.17) is 4.74 Å². The molecule has 1 saturated heterocycles. The van der Waals surface area contributed by atoms with Crippen molar-refractivity contribution in [2.75, 3.05) is 6.61 Å². The Labute approximate surface area is 140 Å². The zero-order valence-corrected chi connectivity index (χ0v) is 14.7. The van der Waals surface area contributed by atoms with E-state index in [1.807, 2.05) is 13.0 Å². The molecule has 128 valence electrons. The van der Waals surface area contributed by atoms with Crippen LogP contribution < -0.4 is 0 Å². The molecule has 0 bridgehead atoms. The highest BCUT2D eigenvalue weighted by atomic mass is 19.1. The van der Waals surface area contributed by atoms with Gasteiger partial charge in [0.05, 0.1) is 6.10 Å². The molecule has 1 aliphatic carbocycles. The molecule has 1 heterocycles. The van der Waals surface area contributed by atoms with Gasteiger partial charge in [0.15, 0.2) is 0 Å².